The first-order chi connectivity index (χ1) is 37.4. The lowest BCUT2D eigenvalue weighted by atomic mass is 10.0. The number of fused-ring (bicyclic) bond motifs is 10. The second-order valence-electron chi connectivity index (χ2n) is 18.7. The molecule has 1 aliphatic heterocycles. The zero-order valence-electron chi connectivity index (χ0n) is 40.0. The summed E-state index contributed by atoms with van der Waals surface area (Å²) in [5, 5.41) is 3.39. The predicted octanol–water partition coefficient (Wildman–Crippen LogP) is 13.6. The molecule has 360 valence electrons. The van der Waals surface area contributed by atoms with E-state index in [1.165, 1.54) is 18.3 Å². The van der Waals surface area contributed by atoms with Crippen molar-refractivity contribution in [3.8, 4) is 45.4 Å². The van der Waals surface area contributed by atoms with Crippen LogP contribution in [0.1, 0.15) is 0 Å². The van der Waals surface area contributed by atoms with E-state index >= 15 is 0 Å². The summed E-state index contributed by atoms with van der Waals surface area (Å²) >= 11 is 0. The van der Waals surface area contributed by atoms with Crippen LogP contribution in [0.2, 0.25) is 0 Å². The van der Waals surface area contributed by atoms with Crippen LogP contribution in [-0.2, 0) is 0 Å². The van der Waals surface area contributed by atoms with Gasteiger partial charge in [-0.1, -0.05) is 115 Å². The van der Waals surface area contributed by atoms with Gasteiger partial charge in [0, 0.05) is 39.0 Å². The van der Waals surface area contributed by atoms with E-state index in [1.807, 2.05) is 200 Å². The van der Waals surface area contributed by atoms with Gasteiger partial charge in [-0.3, -0.25) is 37.4 Å². The summed E-state index contributed by atoms with van der Waals surface area (Å²) in [6.45, 7) is 0. The number of nitrogens with zero attached hydrogens (tertiary/aromatic N) is 5. The fourth-order valence-electron chi connectivity index (χ4n) is 11.1. The SMILES string of the molecule is O=c1c(=O)n(-c2ccc3c(c2)Oc2ccccc2N3c2cccc(-c3ccc4c(c3)oc3c(-n5c(=O)c(=O)n(-c6cccc7c6oc6ccccc67)c6ccccc65)cccc34)c2)c2ccccc2n1-c1ccccc1. The lowest BCUT2D eigenvalue weighted by Gasteiger charge is -2.33. The summed E-state index contributed by atoms with van der Waals surface area (Å²) in [4.78, 5) is 59.4. The highest BCUT2D eigenvalue weighted by atomic mass is 16.5. The molecule has 0 atom stereocenters. The molecule has 5 heterocycles. The summed E-state index contributed by atoms with van der Waals surface area (Å²) in [6.07, 6.45) is 0. The number of hydrogen-bond donors (Lipinski definition) is 0. The van der Waals surface area contributed by atoms with Crippen LogP contribution in [0.3, 0.4) is 0 Å². The van der Waals surface area contributed by atoms with Gasteiger partial charge in [-0.25, -0.2) is 0 Å². The minimum atomic E-state index is -0.740. The van der Waals surface area contributed by atoms with Gasteiger partial charge in [-0.2, -0.15) is 0 Å². The molecule has 0 saturated carbocycles. The number of ether oxygens (including phenoxy) is 1. The maximum atomic E-state index is 14.6. The van der Waals surface area contributed by atoms with E-state index in [2.05, 4.69) is 11.0 Å². The van der Waals surface area contributed by atoms with Crippen molar-refractivity contribution < 1.29 is 13.6 Å². The number of furan rings is 2. The Bertz CT molecular complexity index is 5040. The average molecular weight is 988 g/mol. The van der Waals surface area contributed by atoms with Gasteiger partial charge in [0.2, 0.25) is 0 Å². The number of rotatable bonds is 6. The summed E-state index contributed by atoms with van der Waals surface area (Å²) < 4.78 is 25.5. The topological polar surface area (TPSA) is 127 Å². The first-order valence-electron chi connectivity index (χ1n) is 24.7. The van der Waals surface area contributed by atoms with E-state index in [1.54, 1.807) is 18.2 Å². The molecule has 0 aliphatic carbocycles. The first-order valence-corrected chi connectivity index (χ1v) is 24.7. The van der Waals surface area contributed by atoms with Gasteiger partial charge in [0.15, 0.2) is 22.7 Å². The number of para-hydroxylation sites is 10. The van der Waals surface area contributed by atoms with Crippen LogP contribution in [0.25, 0.3) is 99.8 Å². The fraction of sp³-hybridized carbons (Fsp3) is 0. The van der Waals surface area contributed by atoms with Crippen LogP contribution in [0.4, 0.5) is 17.1 Å². The average Bonchev–Trinajstić information content (AvgIpc) is 4.13. The number of anilines is 3. The van der Waals surface area contributed by atoms with E-state index in [4.69, 9.17) is 13.6 Å². The van der Waals surface area contributed by atoms with Gasteiger partial charge in [0.05, 0.1) is 50.5 Å². The van der Waals surface area contributed by atoms with Gasteiger partial charge in [-0.05, 0) is 114 Å². The minimum Gasteiger partial charge on any atom is -0.454 e. The maximum Gasteiger partial charge on any atom is 0.322 e. The molecule has 0 fully saturated rings. The molecule has 0 unspecified atom stereocenters. The van der Waals surface area contributed by atoms with Crippen LogP contribution in [-0.4, -0.2) is 18.3 Å². The van der Waals surface area contributed by atoms with Crippen LogP contribution in [0, 0.1) is 0 Å². The van der Waals surface area contributed by atoms with Crippen molar-refractivity contribution in [2.75, 3.05) is 4.90 Å². The molecule has 1 aliphatic rings. The van der Waals surface area contributed by atoms with Crippen LogP contribution < -0.4 is 31.9 Å². The smallest absolute Gasteiger partial charge is 0.322 e. The summed E-state index contributed by atoms with van der Waals surface area (Å²) in [5.74, 6) is 1.11. The largest absolute Gasteiger partial charge is 0.454 e. The molecule has 15 rings (SSSR count). The Labute approximate surface area is 429 Å². The molecule has 4 aromatic heterocycles. The zero-order chi connectivity index (χ0) is 50.8. The molecule has 10 aromatic carbocycles. The van der Waals surface area contributed by atoms with Gasteiger partial charge in [-0.15, -0.1) is 0 Å². The lowest BCUT2D eigenvalue weighted by molar-refractivity contribution is 0.476. The molecular weight excluding hydrogens is 951 g/mol. The van der Waals surface area contributed by atoms with Gasteiger partial charge < -0.3 is 18.5 Å². The van der Waals surface area contributed by atoms with Crippen molar-refractivity contribution in [3.05, 3.63) is 266 Å². The molecule has 0 N–H and O–H groups in total. The molecule has 0 saturated heterocycles. The first kappa shape index (κ1) is 42.9. The van der Waals surface area contributed by atoms with E-state index in [-0.39, 0.29) is 0 Å². The summed E-state index contributed by atoms with van der Waals surface area (Å²) in [7, 11) is 0. The van der Waals surface area contributed by atoms with E-state index in [0.717, 1.165) is 49.7 Å². The molecule has 12 nitrogen and oxygen atoms in total. The van der Waals surface area contributed by atoms with Crippen molar-refractivity contribution in [1.82, 2.24) is 18.3 Å². The van der Waals surface area contributed by atoms with E-state index in [9.17, 15) is 19.2 Å². The molecule has 14 aromatic rings. The number of benzene rings is 10. The predicted molar refractivity (Wildman–Crippen MR) is 299 cm³/mol. The molecule has 0 spiro atoms. The van der Waals surface area contributed by atoms with Gasteiger partial charge >= 0.3 is 22.2 Å². The highest BCUT2D eigenvalue weighted by Crippen LogP contribution is 2.51. The summed E-state index contributed by atoms with van der Waals surface area (Å²) in [6, 6.07) is 70.4. The van der Waals surface area contributed by atoms with E-state index < -0.39 is 22.2 Å². The lowest BCUT2D eigenvalue weighted by Crippen LogP contribution is -2.40. The standard InChI is InChI=1S/C64H37N5O7/c70-61-62(71)67(48-23-6-5-22-47(48)66(61)40-16-2-1-3-17-40)42-32-34-52-58(37-42)74-56-30-11-9-26-51(56)65(52)41-18-12-15-38(35-41)39-31-33-44-46-21-14-28-54(60(46)76-57(44)36-39)69-50-25-8-7-24-49(50)68(63(72)64(69)73)53-27-13-20-45-43-19-4-10-29-55(43)75-59(45)53/h1-37H. The molecule has 12 heteroatoms. The number of hydrogen-bond acceptors (Lipinski definition) is 8. The molecule has 0 amide bonds. The van der Waals surface area contributed by atoms with Crippen molar-refractivity contribution in [3.63, 3.8) is 0 Å². The quantitative estimate of drug-likeness (QED) is 0.151. The highest BCUT2D eigenvalue weighted by molar-refractivity contribution is 6.10. The molecular formula is C64H37N5O7. The van der Waals surface area contributed by atoms with Gasteiger partial charge in [0.25, 0.3) is 0 Å². The Morgan fingerprint density at radius 1 is 0.289 bits per heavy atom. The van der Waals surface area contributed by atoms with E-state index in [0.29, 0.717) is 78.6 Å². The Morgan fingerprint density at radius 2 is 0.776 bits per heavy atom. The number of aromatic nitrogens is 4. The Kier molecular flexibility index (Phi) is 9.26. The monoisotopic (exact) mass is 987 g/mol. The summed E-state index contributed by atoms with van der Waals surface area (Å²) in [5.41, 5.74) is 7.78. The fourth-order valence-corrected chi connectivity index (χ4v) is 11.1. The minimum absolute atomic E-state index is 0.437. The van der Waals surface area contributed by atoms with Crippen molar-refractivity contribution in [2.24, 2.45) is 0 Å². The van der Waals surface area contributed by atoms with Crippen molar-refractivity contribution >= 4 is 83.0 Å². The Morgan fingerprint density at radius 3 is 1.47 bits per heavy atom. The highest BCUT2D eigenvalue weighted by Gasteiger charge is 2.28. The molecule has 0 radical (unpaired) electrons. The Balaban J connectivity index is 0.827. The Hall–Kier alpha value is -10.7. The van der Waals surface area contributed by atoms with Crippen LogP contribution >= 0.6 is 0 Å². The second-order valence-corrected chi connectivity index (χ2v) is 18.7. The molecule has 0 bridgehead atoms. The third kappa shape index (κ3) is 6.31. The van der Waals surface area contributed by atoms with Crippen molar-refractivity contribution in [2.45, 2.75) is 0 Å². The van der Waals surface area contributed by atoms with Crippen LogP contribution in [0.5, 0.6) is 11.5 Å². The van der Waals surface area contributed by atoms with Crippen LogP contribution in [0.15, 0.2) is 252 Å². The van der Waals surface area contributed by atoms with Gasteiger partial charge in [0.1, 0.15) is 11.2 Å². The third-order valence-corrected chi connectivity index (χ3v) is 14.5. The normalized spacial score (nSPS) is 12.2. The second kappa shape index (κ2) is 16.4. The van der Waals surface area contributed by atoms with Crippen molar-refractivity contribution in [1.29, 1.82) is 0 Å². The third-order valence-electron chi connectivity index (χ3n) is 14.5. The zero-order valence-corrected chi connectivity index (χ0v) is 40.0. The maximum absolute atomic E-state index is 14.6. The molecule has 76 heavy (non-hydrogen) atoms.